The van der Waals surface area contributed by atoms with Crippen LogP contribution in [0, 0.1) is 12.8 Å². The highest BCUT2D eigenvalue weighted by Gasteiger charge is 2.16. The summed E-state index contributed by atoms with van der Waals surface area (Å²) < 4.78 is 0. The molecule has 2 nitrogen and oxygen atoms in total. The molecule has 1 atom stereocenters. The van der Waals surface area contributed by atoms with Crippen LogP contribution < -0.4 is 11.5 Å². The number of hydrogen-bond acceptors (Lipinski definition) is 2. The Morgan fingerprint density at radius 2 is 1.87 bits per heavy atom. The highest BCUT2D eigenvalue weighted by molar-refractivity contribution is 6.31. The van der Waals surface area contributed by atoms with Crippen molar-refractivity contribution in [2.45, 2.75) is 19.8 Å². The zero-order chi connectivity index (χ0) is 11.4. The molecule has 0 fully saturated rings. The summed E-state index contributed by atoms with van der Waals surface area (Å²) in [4.78, 5) is 0. The van der Waals surface area contributed by atoms with E-state index in [1.165, 1.54) is 5.56 Å². The molecule has 1 unspecified atom stereocenters. The molecular formula is C12H19ClN2. The van der Waals surface area contributed by atoms with Gasteiger partial charge in [0.1, 0.15) is 0 Å². The van der Waals surface area contributed by atoms with Crippen LogP contribution in [-0.2, 0) is 0 Å². The summed E-state index contributed by atoms with van der Waals surface area (Å²) in [7, 11) is 0. The second-order valence-corrected chi connectivity index (χ2v) is 4.44. The van der Waals surface area contributed by atoms with Gasteiger partial charge < -0.3 is 11.5 Å². The maximum Gasteiger partial charge on any atom is 0.0435 e. The third-order valence-electron chi connectivity index (χ3n) is 3.02. The van der Waals surface area contributed by atoms with Crippen LogP contribution in [0.1, 0.15) is 24.0 Å². The summed E-state index contributed by atoms with van der Waals surface area (Å²) in [5, 5.41) is 0.808. The van der Waals surface area contributed by atoms with Crippen molar-refractivity contribution in [1.82, 2.24) is 0 Å². The van der Waals surface area contributed by atoms with Crippen LogP contribution in [0.2, 0.25) is 5.02 Å². The van der Waals surface area contributed by atoms with E-state index in [0.29, 0.717) is 24.9 Å². The summed E-state index contributed by atoms with van der Waals surface area (Å²) in [6, 6.07) is 6.11. The smallest absolute Gasteiger partial charge is 0.0435 e. The molecule has 4 N–H and O–H groups in total. The lowest BCUT2D eigenvalue weighted by molar-refractivity contribution is 0.466. The minimum Gasteiger partial charge on any atom is -0.330 e. The van der Waals surface area contributed by atoms with Gasteiger partial charge in [0.15, 0.2) is 0 Å². The lowest BCUT2D eigenvalue weighted by Gasteiger charge is -2.21. The Morgan fingerprint density at radius 3 is 2.33 bits per heavy atom. The molecule has 3 heteroatoms. The monoisotopic (exact) mass is 226 g/mol. The Labute approximate surface area is 96.6 Å². The van der Waals surface area contributed by atoms with Gasteiger partial charge in [-0.25, -0.2) is 0 Å². The van der Waals surface area contributed by atoms with Crippen LogP contribution >= 0.6 is 11.6 Å². The molecule has 0 bridgehead atoms. The number of aryl methyl sites for hydroxylation is 1. The van der Waals surface area contributed by atoms with Gasteiger partial charge in [-0.3, -0.25) is 0 Å². The number of benzene rings is 1. The first kappa shape index (κ1) is 12.5. The fourth-order valence-corrected chi connectivity index (χ4v) is 1.85. The fraction of sp³-hybridized carbons (Fsp3) is 0.500. The zero-order valence-corrected chi connectivity index (χ0v) is 10.1. The van der Waals surface area contributed by atoms with E-state index in [2.05, 4.69) is 19.1 Å². The van der Waals surface area contributed by atoms with Gasteiger partial charge in [-0.05, 0) is 49.0 Å². The summed E-state index contributed by atoms with van der Waals surface area (Å²) in [6.07, 6.45) is 0. The molecule has 1 aromatic rings. The van der Waals surface area contributed by atoms with Crippen LogP contribution in [0.4, 0.5) is 0 Å². The molecule has 0 radical (unpaired) electrons. The van der Waals surface area contributed by atoms with Crippen LogP contribution in [0.25, 0.3) is 0 Å². The van der Waals surface area contributed by atoms with Crippen molar-refractivity contribution >= 4 is 11.6 Å². The lowest BCUT2D eigenvalue weighted by Crippen LogP contribution is -2.27. The molecule has 0 aliphatic rings. The molecule has 0 amide bonds. The van der Waals surface area contributed by atoms with Crippen LogP contribution in [0.5, 0.6) is 0 Å². The third-order valence-corrected chi connectivity index (χ3v) is 3.44. The van der Waals surface area contributed by atoms with Crippen LogP contribution in [0.15, 0.2) is 18.2 Å². The SMILES string of the molecule is Cc1cc(C(C)C(CN)CN)ccc1Cl. The predicted molar refractivity (Wildman–Crippen MR) is 66.2 cm³/mol. The van der Waals surface area contributed by atoms with Crippen molar-refractivity contribution in [1.29, 1.82) is 0 Å². The summed E-state index contributed by atoms with van der Waals surface area (Å²) in [5.41, 5.74) is 13.7. The van der Waals surface area contributed by atoms with Crippen molar-refractivity contribution in [3.8, 4) is 0 Å². The molecule has 15 heavy (non-hydrogen) atoms. The Kier molecular flexibility index (Phi) is 4.58. The first-order valence-electron chi connectivity index (χ1n) is 5.26. The molecule has 1 rings (SSSR count). The van der Waals surface area contributed by atoms with Crippen molar-refractivity contribution in [2.24, 2.45) is 17.4 Å². The van der Waals surface area contributed by atoms with E-state index in [4.69, 9.17) is 23.1 Å². The van der Waals surface area contributed by atoms with Gasteiger partial charge in [0, 0.05) is 5.02 Å². The Bertz CT molecular complexity index is 321. The van der Waals surface area contributed by atoms with Gasteiger partial charge in [0.2, 0.25) is 0 Å². The maximum absolute atomic E-state index is 5.98. The van der Waals surface area contributed by atoms with Crippen LogP contribution in [-0.4, -0.2) is 13.1 Å². The number of nitrogens with two attached hydrogens (primary N) is 2. The molecule has 0 aliphatic heterocycles. The largest absolute Gasteiger partial charge is 0.330 e. The highest BCUT2D eigenvalue weighted by Crippen LogP contribution is 2.26. The van der Waals surface area contributed by atoms with E-state index in [0.717, 1.165) is 10.6 Å². The van der Waals surface area contributed by atoms with E-state index in [9.17, 15) is 0 Å². The van der Waals surface area contributed by atoms with Crippen molar-refractivity contribution in [3.05, 3.63) is 34.3 Å². The Morgan fingerprint density at radius 1 is 1.27 bits per heavy atom. The maximum atomic E-state index is 5.98. The average Bonchev–Trinajstić information content (AvgIpc) is 2.23. The van der Waals surface area contributed by atoms with Crippen molar-refractivity contribution < 1.29 is 0 Å². The third kappa shape index (κ3) is 2.94. The second kappa shape index (κ2) is 5.50. The molecule has 0 aliphatic carbocycles. The minimum absolute atomic E-state index is 0.338. The van der Waals surface area contributed by atoms with Gasteiger partial charge in [-0.15, -0.1) is 0 Å². The molecule has 0 aromatic heterocycles. The standard InChI is InChI=1S/C12H19ClN2/c1-8-5-10(3-4-12(8)13)9(2)11(6-14)7-15/h3-5,9,11H,6-7,14-15H2,1-2H3. The van der Waals surface area contributed by atoms with E-state index < -0.39 is 0 Å². The predicted octanol–water partition coefficient (Wildman–Crippen LogP) is 2.29. The molecule has 84 valence electrons. The van der Waals surface area contributed by atoms with E-state index in [1.54, 1.807) is 0 Å². The summed E-state index contributed by atoms with van der Waals surface area (Å²) in [6.45, 7) is 5.42. The van der Waals surface area contributed by atoms with Crippen LogP contribution in [0.3, 0.4) is 0 Å². The average molecular weight is 227 g/mol. The van der Waals surface area contributed by atoms with Gasteiger partial charge in [0.05, 0.1) is 0 Å². The molecular weight excluding hydrogens is 208 g/mol. The molecule has 0 heterocycles. The minimum atomic E-state index is 0.338. The van der Waals surface area contributed by atoms with Gasteiger partial charge in [0.25, 0.3) is 0 Å². The van der Waals surface area contributed by atoms with Gasteiger partial charge >= 0.3 is 0 Å². The summed E-state index contributed by atoms with van der Waals surface area (Å²) in [5.74, 6) is 0.724. The zero-order valence-electron chi connectivity index (χ0n) is 9.33. The first-order valence-corrected chi connectivity index (χ1v) is 5.64. The number of hydrogen-bond donors (Lipinski definition) is 2. The fourth-order valence-electron chi connectivity index (χ4n) is 1.73. The molecule has 1 aromatic carbocycles. The highest BCUT2D eigenvalue weighted by atomic mass is 35.5. The topological polar surface area (TPSA) is 52.0 Å². The van der Waals surface area contributed by atoms with Crippen molar-refractivity contribution in [2.75, 3.05) is 13.1 Å². The summed E-state index contributed by atoms with van der Waals surface area (Å²) >= 11 is 5.98. The quantitative estimate of drug-likeness (QED) is 0.828. The van der Waals surface area contributed by atoms with E-state index >= 15 is 0 Å². The Balaban J connectivity index is 2.90. The molecule has 0 spiro atoms. The number of rotatable bonds is 4. The number of halogens is 1. The Hall–Kier alpha value is -0.570. The normalized spacial score (nSPS) is 13.2. The van der Waals surface area contributed by atoms with Crippen molar-refractivity contribution in [3.63, 3.8) is 0 Å². The van der Waals surface area contributed by atoms with E-state index in [1.807, 2.05) is 13.0 Å². The first-order chi connectivity index (χ1) is 7.10. The van der Waals surface area contributed by atoms with Gasteiger partial charge in [-0.2, -0.15) is 0 Å². The molecule has 0 saturated carbocycles. The van der Waals surface area contributed by atoms with E-state index in [-0.39, 0.29) is 0 Å². The van der Waals surface area contributed by atoms with Gasteiger partial charge in [-0.1, -0.05) is 30.7 Å². The lowest BCUT2D eigenvalue weighted by atomic mass is 9.87. The molecule has 0 saturated heterocycles. The second-order valence-electron chi connectivity index (χ2n) is 4.03.